The van der Waals surface area contributed by atoms with Crippen LogP contribution < -0.4 is 11.1 Å². The maximum absolute atomic E-state index is 12.7. The number of carbonyl (C=O) groups excluding carboxylic acids is 2. The molecule has 0 spiro atoms. The fourth-order valence-corrected chi connectivity index (χ4v) is 3.48. The Morgan fingerprint density at radius 3 is 2.61 bits per heavy atom. The molecule has 0 radical (unpaired) electrons. The van der Waals surface area contributed by atoms with Gasteiger partial charge >= 0.3 is 0 Å². The molecule has 2 heterocycles. The van der Waals surface area contributed by atoms with Crippen LogP contribution in [0.15, 0.2) is 24.3 Å². The van der Waals surface area contributed by atoms with Crippen molar-refractivity contribution in [3.05, 3.63) is 30.1 Å². The van der Waals surface area contributed by atoms with Gasteiger partial charge in [-0.2, -0.15) is 0 Å². The molecule has 0 aliphatic carbocycles. The van der Waals surface area contributed by atoms with Crippen molar-refractivity contribution < 1.29 is 9.59 Å². The van der Waals surface area contributed by atoms with E-state index < -0.39 is 6.04 Å². The molecule has 3 rings (SSSR count). The van der Waals surface area contributed by atoms with Crippen LogP contribution in [0.5, 0.6) is 0 Å². The maximum Gasteiger partial charge on any atom is 0.242 e. The van der Waals surface area contributed by atoms with E-state index in [9.17, 15) is 9.59 Å². The second-order valence-corrected chi connectivity index (χ2v) is 7.25. The number of halogens is 2. The highest BCUT2D eigenvalue weighted by molar-refractivity contribution is 5.88. The fraction of sp³-hybridized carbons (Fsp3) is 0.526. The lowest BCUT2D eigenvalue weighted by Crippen LogP contribution is -2.47. The van der Waals surface area contributed by atoms with Crippen LogP contribution in [0.3, 0.4) is 0 Å². The highest BCUT2D eigenvalue weighted by atomic mass is 35.5. The molecule has 7 nitrogen and oxygen atoms in total. The smallest absolute Gasteiger partial charge is 0.242 e. The summed E-state index contributed by atoms with van der Waals surface area (Å²) in [6.45, 7) is 4.42. The van der Waals surface area contributed by atoms with E-state index in [1.165, 1.54) is 0 Å². The molecular weight excluding hydrogens is 401 g/mol. The molecule has 2 atom stereocenters. The number of fused-ring (bicyclic) bond motifs is 1. The predicted octanol–water partition coefficient (Wildman–Crippen LogP) is 2.18. The Hall–Kier alpha value is -1.83. The van der Waals surface area contributed by atoms with E-state index in [2.05, 4.69) is 9.88 Å². The molecular formula is C19H29Cl2N5O2. The Labute approximate surface area is 177 Å². The SMILES string of the molecule is CC(C)[C@H](N)C(=O)NCC(=O)N1CCCC1c1nc2ccccc2n1C.Cl.Cl. The van der Waals surface area contributed by atoms with Crippen LogP contribution in [0.4, 0.5) is 0 Å². The number of hydrogen-bond acceptors (Lipinski definition) is 4. The second-order valence-electron chi connectivity index (χ2n) is 7.25. The number of nitrogens with one attached hydrogen (secondary N) is 1. The molecule has 0 saturated carbocycles. The number of benzene rings is 1. The van der Waals surface area contributed by atoms with Gasteiger partial charge in [0.15, 0.2) is 0 Å². The first-order valence-electron chi connectivity index (χ1n) is 9.14. The number of nitrogens with zero attached hydrogens (tertiary/aromatic N) is 3. The van der Waals surface area contributed by atoms with E-state index in [4.69, 9.17) is 10.7 Å². The minimum Gasteiger partial charge on any atom is -0.346 e. The van der Waals surface area contributed by atoms with Crippen LogP contribution in [0.1, 0.15) is 38.6 Å². The van der Waals surface area contributed by atoms with Gasteiger partial charge in [-0.1, -0.05) is 26.0 Å². The lowest BCUT2D eigenvalue weighted by atomic mass is 10.1. The van der Waals surface area contributed by atoms with E-state index in [0.717, 1.165) is 29.7 Å². The third-order valence-corrected chi connectivity index (χ3v) is 5.13. The van der Waals surface area contributed by atoms with E-state index in [-0.39, 0.29) is 55.1 Å². The summed E-state index contributed by atoms with van der Waals surface area (Å²) in [6, 6.07) is 7.30. The third kappa shape index (κ3) is 4.77. The van der Waals surface area contributed by atoms with Crippen LogP contribution >= 0.6 is 24.8 Å². The number of rotatable bonds is 5. The van der Waals surface area contributed by atoms with Gasteiger partial charge in [-0.25, -0.2) is 4.98 Å². The standard InChI is InChI=1S/C19H27N5O2.2ClH/c1-12(2)17(20)19(26)21-11-16(25)24-10-6-9-15(24)18-22-13-7-4-5-8-14(13)23(18)3;;/h4-5,7-8,12,15,17H,6,9-11,20H2,1-3H3,(H,21,26);2*1H/t15?,17-;;/m0../s1. The molecule has 9 heteroatoms. The molecule has 0 bridgehead atoms. The Kier molecular flexibility index (Phi) is 8.73. The number of nitrogens with two attached hydrogens (primary N) is 1. The number of likely N-dealkylation sites (tertiary alicyclic amines) is 1. The molecule has 1 aromatic heterocycles. The van der Waals surface area contributed by atoms with Crippen LogP contribution in [0.25, 0.3) is 11.0 Å². The molecule has 1 saturated heterocycles. The molecule has 1 unspecified atom stereocenters. The average molecular weight is 430 g/mol. The average Bonchev–Trinajstić information content (AvgIpc) is 3.23. The second kappa shape index (κ2) is 10.1. The normalized spacial score (nSPS) is 17.2. The summed E-state index contributed by atoms with van der Waals surface area (Å²) in [4.78, 5) is 31.2. The molecule has 1 aliphatic heterocycles. The van der Waals surface area contributed by atoms with Gasteiger partial charge < -0.3 is 20.5 Å². The molecule has 1 aliphatic rings. The maximum atomic E-state index is 12.7. The summed E-state index contributed by atoms with van der Waals surface area (Å²) in [5.74, 6) is 0.544. The molecule has 156 valence electrons. The van der Waals surface area contributed by atoms with Gasteiger partial charge in [0.05, 0.1) is 29.7 Å². The topological polar surface area (TPSA) is 93.2 Å². The third-order valence-electron chi connectivity index (χ3n) is 5.13. The summed E-state index contributed by atoms with van der Waals surface area (Å²) in [5, 5.41) is 2.67. The first kappa shape index (κ1) is 24.2. The summed E-state index contributed by atoms with van der Waals surface area (Å²) in [6.07, 6.45) is 1.81. The van der Waals surface area contributed by atoms with E-state index >= 15 is 0 Å². The summed E-state index contributed by atoms with van der Waals surface area (Å²) in [7, 11) is 1.98. The Balaban J connectivity index is 0.00000196. The lowest BCUT2D eigenvalue weighted by molar-refractivity contribution is -0.134. The number of para-hydroxylation sites is 2. The van der Waals surface area contributed by atoms with Crippen molar-refractivity contribution in [3.63, 3.8) is 0 Å². The monoisotopic (exact) mass is 429 g/mol. The van der Waals surface area contributed by atoms with Gasteiger partial charge in [-0.05, 0) is 30.9 Å². The fourth-order valence-electron chi connectivity index (χ4n) is 3.48. The quantitative estimate of drug-likeness (QED) is 0.761. The number of amides is 2. The molecule has 28 heavy (non-hydrogen) atoms. The van der Waals surface area contributed by atoms with Crippen molar-refractivity contribution in [1.82, 2.24) is 19.8 Å². The molecule has 3 N–H and O–H groups in total. The Morgan fingerprint density at radius 2 is 1.96 bits per heavy atom. The predicted molar refractivity (Wildman–Crippen MR) is 115 cm³/mol. The molecule has 1 aromatic carbocycles. The van der Waals surface area contributed by atoms with Crippen LogP contribution in [0, 0.1) is 5.92 Å². The number of imidazole rings is 1. The van der Waals surface area contributed by atoms with E-state index in [0.29, 0.717) is 6.54 Å². The van der Waals surface area contributed by atoms with Crippen molar-refractivity contribution in [2.75, 3.05) is 13.1 Å². The number of hydrogen-bond donors (Lipinski definition) is 2. The largest absolute Gasteiger partial charge is 0.346 e. The minimum atomic E-state index is -0.600. The van der Waals surface area contributed by atoms with Crippen molar-refractivity contribution in [2.45, 2.75) is 38.8 Å². The lowest BCUT2D eigenvalue weighted by Gasteiger charge is -2.25. The zero-order chi connectivity index (χ0) is 18.8. The van der Waals surface area contributed by atoms with Crippen molar-refractivity contribution in [2.24, 2.45) is 18.7 Å². The van der Waals surface area contributed by atoms with Crippen LogP contribution in [0.2, 0.25) is 0 Å². The van der Waals surface area contributed by atoms with E-state index in [1.807, 2.05) is 50.1 Å². The van der Waals surface area contributed by atoms with Gasteiger partial charge in [0.2, 0.25) is 11.8 Å². The molecule has 2 aromatic rings. The van der Waals surface area contributed by atoms with Crippen LogP contribution in [-0.2, 0) is 16.6 Å². The van der Waals surface area contributed by atoms with Gasteiger partial charge in [0.1, 0.15) is 5.82 Å². The van der Waals surface area contributed by atoms with Crippen molar-refractivity contribution in [1.29, 1.82) is 0 Å². The Morgan fingerprint density at radius 1 is 1.29 bits per heavy atom. The van der Waals surface area contributed by atoms with Gasteiger partial charge in [0.25, 0.3) is 0 Å². The zero-order valence-electron chi connectivity index (χ0n) is 16.4. The van der Waals surface area contributed by atoms with Gasteiger partial charge in [-0.3, -0.25) is 9.59 Å². The summed E-state index contributed by atoms with van der Waals surface area (Å²) < 4.78 is 2.05. The molecule has 2 amide bonds. The van der Waals surface area contributed by atoms with Gasteiger partial charge in [-0.15, -0.1) is 24.8 Å². The number of aromatic nitrogens is 2. The zero-order valence-corrected chi connectivity index (χ0v) is 18.1. The Bertz CT molecular complexity index is 824. The highest BCUT2D eigenvalue weighted by Gasteiger charge is 2.33. The van der Waals surface area contributed by atoms with E-state index in [1.54, 1.807) is 0 Å². The number of carbonyl (C=O) groups is 2. The molecule has 1 fully saturated rings. The minimum absolute atomic E-state index is 0. The first-order valence-corrected chi connectivity index (χ1v) is 9.14. The van der Waals surface area contributed by atoms with Gasteiger partial charge in [0, 0.05) is 13.6 Å². The number of aryl methyl sites for hydroxylation is 1. The first-order chi connectivity index (χ1) is 12.4. The van der Waals surface area contributed by atoms with Crippen molar-refractivity contribution in [3.8, 4) is 0 Å². The summed E-state index contributed by atoms with van der Waals surface area (Å²) in [5.41, 5.74) is 7.82. The van der Waals surface area contributed by atoms with Crippen LogP contribution in [-0.4, -0.2) is 45.4 Å². The summed E-state index contributed by atoms with van der Waals surface area (Å²) >= 11 is 0. The van der Waals surface area contributed by atoms with Crippen molar-refractivity contribution >= 4 is 47.7 Å². The highest BCUT2D eigenvalue weighted by Crippen LogP contribution is 2.32.